The lowest BCUT2D eigenvalue weighted by molar-refractivity contribution is 0.632. The maximum atomic E-state index is 6.47. The molecule has 0 atom stereocenters. The average molecular weight is 93.5 g/mol. The summed E-state index contributed by atoms with van der Waals surface area (Å²) in [5.41, 5.74) is 0. The van der Waals surface area contributed by atoms with Gasteiger partial charge in [-0.15, -0.1) is 0 Å². The van der Waals surface area contributed by atoms with Crippen LogP contribution >= 0.6 is 11.9 Å². The highest BCUT2D eigenvalue weighted by Crippen LogP contribution is 2.12. The first-order valence-electron chi connectivity index (χ1n) is 1.49. The van der Waals surface area contributed by atoms with Crippen LogP contribution in [0.15, 0.2) is 0 Å². The predicted octanol–water partition coefficient (Wildman–Crippen LogP) is 1.12. The molecule has 0 spiro atoms. The van der Waals surface area contributed by atoms with E-state index < -0.39 is 0 Å². The third kappa shape index (κ3) is 13.8. The lowest BCUT2D eigenvalue weighted by Gasteiger charge is -1.13. The molecule has 1 radical (unpaired) electrons. The van der Waals surface area contributed by atoms with E-state index in [1.165, 1.54) is 12.8 Å². The van der Waals surface area contributed by atoms with Crippen LogP contribution in [-0.4, -0.2) is 4.66 Å². The molecule has 31 valence electrons. The highest BCUT2D eigenvalue weighted by atomic mass is 35.5. The van der Waals surface area contributed by atoms with Crippen LogP contribution in [0.3, 0.4) is 0 Å². The second-order valence-electron chi connectivity index (χ2n) is 0.866. The van der Waals surface area contributed by atoms with Crippen LogP contribution in [0.2, 0.25) is 0 Å². The fraction of sp³-hybridized carbons (Fsp3) is 0.667. The fourth-order valence-corrected chi connectivity index (χ4v) is 0. The van der Waals surface area contributed by atoms with E-state index in [4.69, 9.17) is 4.66 Å². The molecule has 0 saturated heterocycles. The maximum absolute atomic E-state index is 6.47. The monoisotopic (exact) mass is 93.0 g/mol. The number of hydrogen-bond acceptors (Lipinski definition) is 1. The molecule has 0 amide bonds. The Bertz CT molecular complexity index is 11.6. The van der Waals surface area contributed by atoms with E-state index in [2.05, 4.69) is 18.3 Å². The van der Waals surface area contributed by atoms with Gasteiger partial charge in [0.2, 0.25) is 0 Å². The second kappa shape index (κ2) is 4.25. The molecule has 2 heteroatoms. The summed E-state index contributed by atoms with van der Waals surface area (Å²) in [7, 11) is 0. The normalized spacial score (nSPS) is 15.6. The first-order chi connectivity index (χ1) is 2.50. The zero-order valence-electron chi connectivity index (χ0n) is 2.82. The zero-order chi connectivity index (χ0) is 4.12. The molecule has 5 heavy (non-hydrogen) atoms. The average Bonchev–Trinajstić information content (AvgIpc) is 2.19. The summed E-state index contributed by atoms with van der Waals surface area (Å²) in [4.78, 5) is 0. The van der Waals surface area contributed by atoms with Crippen molar-refractivity contribution in [1.29, 1.82) is 0 Å². The molecule has 1 aliphatic rings. The van der Waals surface area contributed by atoms with E-state index in [9.17, 15) is 0 Å². The van der Waals surface area contributed by atoms with Crippen molar-refractivity contribution in [3.8, 4) is 0 Å². The van der Waals surface area contributed by atoms with E-state index in [1.54, 1.807) is 0 Å². The molecule has 0 aromatic rings. The van der Waals surface area contributed by atoms with Gasteiger partial charge in [-0.2, -0.15) is 0 Å². The summed E-state index contributed by atoms with van der Waals surface area (Å²) in [6.07, 6.45) is 5.00. The van der Waals surface area contributed by atoms with Crippen molar-refractivity contribution in [3.63, 3.8) is 0 Å². The maximum Gasteiger partial charge on any atom is 0.0579 e. The Balaban J connectivity index is 0.0000000733. The van der Waals surface area contributed by atoms with Gasteiger partial charge in [0.25, 0.3) is 0 Å². The van der Waals surface area contributed by atoms with Gasteiger partial charge < -0.3 is 0 Å². The smallest absolute Gasteiger partial charge is 0.0579 e. The topological polar surface area (TPSA) is 20.2 Å². The van der Waals surface area contributed by atoms with Crippen molar-refractivity contribution in [2.24, 2.45) is 0 Å². The fourth-order valence-electron chi connectivity index (χ4n) is 0. The summed E-state index contributed by atoms with van der Waals surface area (Å²) >= 11 is 3.64. The van der Waals surface area contributed by atoms with Crippen LogP contribution in [-0.2, 0) is 0 Å². The molecular weight excluding hydrogens is 87.5 g/mol. The van der Waals surface area contributed by atoms with Crippen molar-refractivity contribution in [1.82, 2.24) is 0 Å². The molecule has 1 rings (SSSR count). The van der Waals surface area contributed by atoms with E-state index in [-0.39, 0.29) is 0 Å². The largest absolute Gasteiger partial charge is 0.295 e. The summed E-state index contributed by atoms with van der Waals surface area (Å²) in [5, 5.41) is 0. The first kappa shape index (κ1) is 5.25. The summed E-state index contributed by atoms with van der Waals surface area (Å²) in [5.74, 6) is 0. The van der Waals surface area contributed by atoms with Crippen molar-refractivity contribution >= 4 is 11.9 Å². The number of hydrogen-bond donors (Lipinski definition) is 1. The minimum absolute atomic E-state index is 1.38. The molecule has 1 fully saturated rings. The van der Waals surface area contributed by atoms with Crippen molar-refractivity contribution in [3.05, 3.63) is 6.42 Å². The molecule has 1 nitrogen and oxygen atoms in total. The highest BCUT2D eigenvalue weighted by molar-refractivity contribution is 6.04. The minimum atomic E-state index is 1.38. The van der Waals surface area contributed by atoms with E-state index in [1.807, 2.05) is 0 Å². The Labute approximate surface area is 36.7 Å². The molecule has 0 aromatic heterocycles. The van der Waals surface area contributed by atoms with Crippen LogP contribution < -0.4 is 0 Å². The van der Waals surface area contributed by atoms with Crippen LogP contribution in [0.4, 0.5) is 0 Å². The third-order valence-electron chi connectivity index (χ3n) is 0.289. The van der Waals surface area contributed by atoms with E-state index in [0.717, 1.165) is 0 Å². The number of rotatable bonds is 0. The standard InChI is InChI=1S/C3H5.ClHO/c1-2-3-1;1-2/h1H,2-3H2;2H. The van der Waals surface area contributed by atoms with Crippen molar-refractivity contribution < 1.29 is 4.66 Å². The molecule has 1 N–H and O–H groups in total. The lowest BCUT2D eigenvalue weighted by atomic mass is 11.0. The Hall–Kier alpha value is 0.250. The molecule has 1 saturated carbocycles. The SMILES string of the molecule is OCl.[CH]1CC1. The van der Waals surface area contributed by atoms with E-state index >= 15 is 0 Å². The molecule has 0 bridgehead atoms. The van der Waals surface area contributed by atoms with Gasteiger partial charge in [-0.3, -0.25) is 4.66 Å². The van der Waals surface area contributed by atoms with Gasteiger partial charge in [0.15, 0.2) is 0 Å². The van der Waals surface area contributed by atoms with Gasteiger partial charge in [0.05, 0.1) is 11.9 Å². The van der Waals surface area contributed by atoms with Crippen LogP contribution in [0, 0.1) is 6.42 Å². The molecule has 0 unspecified atom stereocenters. The van der Waals surface area contributed by atoms with Crippen LogP contribution in [0.5, 0.6) is 0 Å². The summed E-state index contributed by atoms with van der Waals surface area (Å²) in [6, 6.07) is 0. The van der Waals surface area contributed by atoms with Gasteiger partial charge >= 0.3 is 0 Å². The minimum Gasteiger partial charge on any atom is -0.295 e. The van der Waals surface area contributed by atoms with Gasteiger partial charge in [-0.1, -0.05) is 0 Å². The molecule has 0 heterocycles. The molecule has 0 aliphatic heterocycles. The van der Waals surface area contributed by atoms with Gasteiger partial charge in [0.1, 0.15) is 0 Å². The number of halogens is 1. The Morgan fingerprint density at radius 1 is 1.40 bits per heavy atom. The highest BCUT2D eigenvalue weighted by Gasteiger charge is 1.95. The molecule has 1 aliphatic carbocycles. The van der Waals surface area contributed by atoms with Crippen molar-refractivity contribution in [2.75, 3.05) is 0 Å². The van der Waals surface area contributed by atoms with Gasteiger partial charge in [0, 0.05) is 0 Å². The summed E-state index contributed by atoms with van der Waals surface area (Å²) in [6.45, 7) is 0. The summed E-state index contributed by atoms with van der Waals surface area (Å²) < 4.78 is 6.47. The second-order valence-corrected chi connectivity index (χ2v) is 0.866. The van der Waals surface area contributed by atoms with E-state index in [0.29, 0.717) is 0 Å². The Morgan fingerprint density at radius 2 is 1.60 bits per heavy atom. The van der Waals surface area contributed by atoms with Crippen molar-refractivity contribution in [2.45, 2.75) is 12.8 Å². The first-order valence-corrected chi connectivity index (χ1v) is 1.82. The zero-order valence-corrected chi connectivity index (χ0v) is 3.57. The quantitative estimate of drug-likeness (QED) is 0.476. The third-order valence-corrected chi connectivity index (χ3v) is 0.289. The van der Waals surface area contributed by atoms with Crippen LogP contribution in [0.1, 0.15) is 12.8 Å². The molecule has 0 aromatic carbocycles. The Morgan fingerprint density at radius 3 is 1.60 bits per heavy atom. The predicted molar refractivity (Wildman–Crippen MR) is 21.6 cm³/mol. The van der Waals surface area contributed by atoms with Gasteiger partial charge in [-0.05, 0) is 19.3 Å². The van der Waals surface area contributed by atoms with Gasteiger partial charge in [-0.25, -0.2) is 0 Å². The van der Waals surface area contributed by atoms with Crippen LogP contribution in [0.25, 0.3) is 0 Å². The molecular formula is C3H6ClO. The Kier molecular flexibility index (Phi) is 4.46. The lowest BCUT2D eigenvalue weighted by Crippen LogP contribution is -0.913.